The van der Waals surface area contributed by atoms with Crippen molar-refractivity contribution in [1.82, 2.24) is 14.7 Å². The van der Waals surface area contributed by atoms with Gasteiger partial charge in [-0.1, -0.05) is 48.5 Å². The summed E-state index contributed by atoms with van der Waals surface area (Å²) in [6, 6.07) is 19.5. The molecular formula is C20H21N3O3S2. The average molecular weight is 416 g/mol. The van der Waals surface area contributed by atoms with Gasteiger partial charge >= 0.3 is 0 Å². The Morgan fingerprint density at radius 3 is 2.43 bits per heavy atom. The molecule has 3 aromatic rings. The van der Waals surface area contributed by atoms with Crippen molar-refractivity contribution in [2.45, 2.75) is 25.7 Å². The molecule has 0 bridgehead atoms. The first-order valence-electron chi connectivity index (χ1n) is 9.12. The minimum absolute atomic E-state index is 0.0658. The van der Waals surface area contributed by atoms with Crippen molar-refractivity contribution in [1.29, 1.82) is 0 Å². The van der Waals surface area contributed by atoms with Gasteiger partial charge in [0.15, 0.2) is 9.84 Å². The smallest absolute Gasteiger partial charge is 0.288 e. The third kappa shape index (κ3) is 4.40. The predicted molar refractivity (Wildman–Crippen MR) is 110 cm³/mol. The second-order valence-corrected chi connectivity index (χ2v) is 9.55. The Bertz CT molecular complexity index is 1090. The van der Waals surface area contributed by atoms with E-state index < -0.39 is 9.84 Å². The van der Waals surface area contributed by atoms with Crippen molar-refractivity contribution in [3.63, 3.8) is 0 Å². The van der Waals surface area contributed by atoms with E-state index in [1.807, 2.05) is 60.7 Å². The molecule has 1 aromatic heterocycles. The van der Waals surface area contributed by atoms with Crippen molar-refractivity contribution < 1.29 is 12.8 Å². The van der Waals surface area contributed by atoms with Crippen LogP contribution in [0, 0.1) is 4.84 Å². The first kappa shape index (κ1) is 19.0. The lowest BCUT2D eigenvalue weighted by atomic mass is 10.1. The molecule has 0 N–H and O–H groups in total. The van der Waals surface area contributed by atoms with Crippen LogP contribution in [0.25, 0.3) is 11.5 Å². The van der Waals surface area contributed by atoms with Crippen LogP contribution in [0.3, 0.4) is 0 Å². The Morgan fingerprint density at radius 2 is 1.79 bits per heavy atom. The second-order valence-electron chi connectivity index (χ2n) is 6.97. The van der Waals surface area contributed by atoms with Gasteiger partial charge in [-0.3, -0.25) is 4.90 Å². The zero-order valence-corrected chi connectivity index (χ0v) is 16.9. The van der Waals surface area contributed by atoms with Crippen LogP contribution in [0.5, 0.6) is 0 Å². The number of sulfone groups is 1. The Labute approximate surface area is 169 Å². The highest BCUT2D eigenvalue weighted by Crippen LogP contribution is 2.22. The quantitative estimate of drug-likeness (QED) is 0.574. The van der Waals surface area contributed by atoms with Crippen molar-refractivity contribution in [2.24, 2.45) is 0 Å². The molecule has 0 aliphatic carbocycles. The highest BCUT2D eigenvalue weighted by molar-refractivity contribution is 7.91. The van der Waals surface area contributed by atoms with Gasteiger partial charge in [-0.05, 0) is 36.3 Å². The maximum absolute atomic E-state index is 12.0. The summed E-state index contributed by atoms with van der Waals surface area (Å²) in [4.78, 5) is 2.39. The van der Waals surface area contributed by atoms with Gasteiger partial charge in [0.1, 0.15) is 0 Å². The number of aromatic nitrogens is 2. The van der Waals surface area contributed by atoms with Gasteiger partial charge < -0.3 is 4.42 Å². The Hall–Kier alpha value is -2.29. The van der Waals surface area contributed by atoms with Crippen LogP contribution >= 0.6 is 12.2 Å². The fraction of sp³-hybridized carbons (Fsp3) is 0.300. The highest BCUT2D eigenvalue weighted by atomic mass is 32.2. The van der Waals surface area contributed by atoms with Crippen molar-refractivity contribution in [2.75, 3.05) is 11.5 Å². The van der Waals surface area contributed by atoms with E-state index in [2.05, 4.69) is 10.00 Å². The summed E-state index contributed by atoms with van der Waals surface area (Å²) < 4.78 is 31.3. The first-order valence-corrected chi connectivity index (χ1v) is 11.3. The van der Waals surface area contributed by atoms with E-state index >= 15 is 0 Å². The van der Waals surface area contributed by atoms with E-state index in [1.54, 1.807) is 4.68 Å². The Morgan fingerprint density at radius 1 is 1.11 bits per heavy atom. The van der Waals surface area contributed by atoms with Crippen LogP contribution in [0.4, 0.5) is 0 Å². The average Bonchev–Trinajstić information content (AvgIpc) is 3.25. The van der Waals surface area contributed by atoms with Crippen LogP contribution in [0.2, 0.25) is 0 Å². The predicted octanol–water partition coefficient (Wildman–Crippen LogP) is 3.52. The van der Waals surface area contributed by atoms with Crippen molar-refractivity contribution in [3.8, 4) is 11.5 Å². The summed E-state index contributed by atoms with van der Waals surface area (Å²) >= 11 is 5.36. The minimum Gasteiger partial charge on any atom is -0.409 e. The third-order valence-corrected chi connectivity index (χ3v) is 6.94. The van der Waals surface area contributed by atoms with Crippen LogP contribution in [0.1, 0.15) is 12.0 Å². The number of nitrogens with zero attached hydrogens (tertiary/aromatic N) is 3. The first-order chi connectivity index (χ1) is 13.5. The standard InChI is InChI=1S/C20H21N3O3S2/c24-28(25)12-11-18(14-28)22(13-16-7-3-1-4-8-16)15-23-20(27)26-19(21-23)17-9-5-2-6-10-17/h1-10,18H,11-15H2/t18-/m1/s1. The number of hydrogen-bond donors (Lipinski definition) is 0. The highest BCUT2D eigenvalue weighted by Gasteiger charge is 2.32. The molecule has 1 atom stereocenters. The summed E-state index contributed by atoms with van der Waals surface area (Å²) in [6.45, 7) is 1.00. The third-order valence-electron chi connectivity index (χ3n) is 4.90. The van der Waals surface area contributed by atoms with E-state index in [4.69, 9.17) is 16.6 Å². The van der Waals surface area contributed by atoms with Gasteiger partial charge in [0.25, 0.3) is 4.84 Å². The lowest BCUT2D eigenvalue weighted by Crippen LogP contribution is -2.37. The van der Waals surface area contributed by atoms with E-state index in [1.165, 1.54) is 0 Å². The number of rotatable bonds is 6. The summed E-state index contributed by atoms with van der Waals surface area (Å²) in [6.07, 6.45) is 0.617. The Kier molecular flexibility index (Phi) is 5.43. The molecule has 8 heteroatoms. The molecule has 1 aliphatic heterocycles. The maximum atomic E-state index is 12.0. The molecule has 6 nitrogen and oxygen atoms in total. The van der Waals surface area contributed by atoms with Gasteiger partial charge in [-0.25, -0.2) is 13.1 Å². The molecule has 2 heterocycles. The van der Waals surface area contributed by atoms with Gasteiger partial charge in [0.2, 0.25) is 5.89 Å². The molecular weight excluding hydrogens is 394 g/mol. The van der Waals surface area contributed by atoms with Crippen LogP contribution in [-0.4, -0.2) is 40.6 Å². The van der Waals surface area contributed by atoms with E-state index in [-0.39, 0.29) is 22.4 Å². The van der Waals surface area contributed by atoms with Gasteiger partial charge in [-0.2, -0.15) is 0 Å². The fourth-order valence-electron chi connectivity index (χ4n) is 3.44. The van der Waals surface area contributed by atoms with E-state index in [0.29, 0.717) is 25.5 Å². The van der Waals surface area contributed by atoms with E-state index in [9.17, 15) is 8.42 Å². The van der Waals surface area contributed by atoms with Crippen molar-refractivity contribution >= 4 is 22.1 Å². The van der Waals surface area contributed by atoms with Crippen LogP contribution < -0.4 is 0 Å². The molecule has 0 spiro atoms. The molecule has 2 aromatic carbocycles. The summed E-state index contributed by atoms with van der Waals surface area (Å²) in [5, 5.41) is 4.52. The molecule has 0 amide bonds. The zero-order valence-electron chi connectivity index (χ0n) is 15.3. The minimum atomic E-state index is -2.99. The summed E-state index contributed by atoms with van der Waals surface area (Å²) in [5.74, 6) is 0.850. The topological polar surface area (TPSA) is 68.3 Å². The molecule has 0 unspecified atom stereocenters. The molecule has 146 valence electrons. The maximum Gasteiger partial charge on any atom is 0.288 e. The zero-order chi connectivity index (χ0) is 19.6. The number of benzene rings is 2. The molecule has 0 radical (unpaired) electrons. The molecule has 1 fully saturated rings. The molecule has 1 saturated heterocycles. The Balaban J connectivity index is 1.60. The lowest BCUT2D eigenvalue weighted by molar-refractivity contribution is 0.144. The van der Waals surface area contributed by atoms with E-state index in [0.717, 1.165) is 11.1 Å². The summed E-state index contributed by atoms with van der Waals surface area (Å²) in [7, 11) is -2.99. The van der Waals surface area contributed by atoms with Crippen LogP contribution in [-0.2, 0) is 23.1 Å². The molecule has 1 aliphatic rings. The fourth-order valence-corrected chi connectivity index (χ4v) is 5.38. The van der Waals surface area contributed by atoms with Crippen LogP contribution in [0.15, 0.2) is 65.1 Å². The monoisotopic (exact) mass is 415 g/mol. The molecule has 0 saturated carbocycles. The summed E-state index contributed by atoms with van der Waals surface area (Å²) in [5.41, 5.74) is 1.97. The second kappa shape index (κ2) is 7.98. The van der Waals surface area contributed by atoms with Gasteiger partial charge in [-0.15, -0.1) is 5.10 Å². The largest absolute Gasteiger partial charge is 0.409 e. The van der Waals surface area contributed by atoms with Crippen molar-refractivity contribution in [3.05, 3.63) is 71.1 Å². The van der Waals surface area contributed by atoms with Gasteiger partial charge in [0, 0.05) is 18.2 Å². The SMILES string of the molecule is O=S1(=O)CC[C@@H](N(Cc2ccccc2)Cn2nc(-c3ccccc3)oc2=S)C1. The molecule has 28 heavy (non-hydrogen) atoms. The molecule has 4 rings (SSSR count). The van der Waals surface area contributed by atoms with Gasteiger partial charge in [0.05, 0.1) is 18.2 Å². The number of hydrogen-bond acceptors (Lipinski definition) is 6. The normalized spacial score (nSPS) is 18.5. The lowest BCUT2D eigenvalue weighted by Gasteiger charge is -2.27.